The van der Waals surface area contributed by atoms with E-state index < -0.39 is 23.0 Å². The summed E-state index contributed by atoms with van der Waals surface area (Å²) in [5, 5.41) is 10.8. The highest BCUT2D eigenvalue weighted by atomic mass is 16.6. The third-order valence-corrected chi connectivity index (χ3v) is 4.83. The van der Waals surface area contributed by atoms with Gasteiger partial charge in [-0.25, -0.2) is 0 Å². The molecule has 0 amide bonds. The molecule has 5 nitrogen and oxygen atoms in total. The van der Waals surface area contributed by atoms with Crippen LogP contribution in [-0.4, -0.2) is 35.9 Å². The van der Waals surface area contributed by atoms with Crippen molar-refractivity contribution in [1.82, 2.24) is 0 Å². The van der Waals surface area contributed by atoms with Crippen LogP contribution in [0.2, 0.25) is 0 Å². The Morgan fingerprint density at radius 2 is 1.64 bits per heavy atom. The van der Waals surface area contributed by atoms with Crippen molar-refractivity contribution in [2.75, 3.05) is 13.2 Å². The molecule has 1 fully saturated rings. The molecule has 1 aliphatic carbocycles. The number of rotatable bonds is 12. The van der Waals surface area contributed by atoms with Gasteiger partial charge in [-0.15, -0.1) is 0 Å². The van der Waals surface area contributed by atoms with E-state index in [1.54, 1.807) is 19.9 Å². The molecule has 5 heteroatoms. The van der Waals surface area contributed by atoms with Crippen LogP contribution >= 0.6 is 0 Å². The fourth-order valence-corrected chi connectivity index (χ4v) is 3.29. The lowest BCUT2D eigenvalue weighted by Crippen LogP contribution is -2.32. The largest absolute Gasteiger partial charge is 0.465 e. The molecular weight excluding hydrogens is 320 g/mol. The summed E-state index contributed by atoms with van der Waals surface area (Å²) in [6.07, 6.45) is 9.38. The molecule has 0 aliphatic heterocycles. The Morgan fingerprint density at radius 3 is 2.12 bits per heavy atom. The van der Waals surface area contributed by atoms with E-state index in [0.717, 1.165) is 25.7 Å². The number of unbranched alkanes of at least 4 members (excludes halogenated alkanes) is 2. The Kier molecular flexibility index (Phi) is 8.63. The van der Waals surface area contributed by atoms with Gasteiger partial charge in [0.25, 0.3) is 0 Å². The highest BCUT2D eigenvalue weighted by Gasteiger charge is 2.67. The van der Waals surface area contributed by atoms with E-state index in [9.17, 15) is 14.7 Å². The van der Waals surface area contributed by atoms with Crippen LogP contribution in [0.3, 0.4) is 0 Å². The number of ether oxygens (including phenoxy) is 2. The van der Waals surface area contributed by atoms with E-state index in [1.807, 2.05) is 13.0 Å². The molecule has 0 radical (unpaired) electrons. The van der Waals surface area contributed by atoms with Crippen LogP contribution in [0.1, 0.15) is 72.6 Å². The maximum Gasteiger partial charge on any atom is 0.324 e. The van der Waals surface area contributed by atoms with Crippen LogP contribution in [0.5, 0.6) is 0 Å². The smallest absolute Gasteiger partial charge is 0.324 e. The maximum absolute atomic E-state index is 12.3. The third-order valence-electron chi connectivity index (χ3n) is 4.83. The van der Waals surface area contributed by atoms with E-state index in [1.165, 1.54) is 0 Å². The van der Waals surface area contributed by atoms with Crippen LogP contribution in [0.25, 0.3) is 0 Å². The molecule has 0 aromatic rings. The molecule has 1 rings (SSSR count). The number of carbonyl (C=O) groups excluding carboxylic acids is 2. The Balaban J connectivity index is 2.85. The van der Waals surface area contributed by atoms with E-state index >= 15 is 0 Å². The summed E-state index contributed by atoms with van der Waals surface area (Å²) in [6.45, 7) is 8.07. The lowest BCUT2D eigenvalue weighted by atomic mass is 9.90. The zero-order chi connectivity index (χ0) is 18.9. The SMILES string of the molecule is CCCCCC(O)(/C=C/C1CC1(C(=O)OCC)C(=O)OCC)CCC. The predicted octanol–water partition coefficient (Wildman–Crippen LogP) is 3.79. The van der Waals surface area contributed by atoms with Gasteiger partial charge in [-0.05, 0) is 33.1 Å². The molecule has 0 saturated heterocycles. The summed E-state index contributed by atoms with van der Waals surface area (Å²) in [5.74, 6) is -1.30. The van der Waals surface area contributed by atoms with Gasteiger partial charge in [0, 0.05) is 5.92 Å². The molecule has 2 atom stereocenters. The van der Waals surface area contributed by atoms with Crippen molar-refractivity contribution >= 4 is 11.9 Å². The molecule has 144 valence electrons. The number of hydrogen-bond acceptors (Lipinski definition) is 5. The first-order chi connectivity index (χ1) is 11.9. The molecule has 0 spiro atoms. The van der Waals surface area contributed by atoms with Crippen molar-refractivity contribution in [3.05, 3.63) is 12.2 Å². The normalized spacial score (nSPS) is 20.9. The Bertz CT molecular complexity index is 453. The lowest BCUT2D eigenvalue weighted by molar-refractivity contribution is -0.164. The van der Waals surface area contributed by atoms with Crippen molar-refractivity contribution in [1.29, 1.82) is 0 Å². The van der Waals surface area contributed by atoms with Crippen molar-refractivity contribution in [2.24, 2.45) is 11.3 Å². The average molecular weight is 354 g/mol. The Hall–Kier alpha value is -1.36. The lowest BCUT2D eigenvalue weighted by Gasteiger charge is -2.24. The number of allylic oxidation sites excluding steroid dienone is 1. The Morgan fingerprint density at radius 1 is 1.04 bits per heavy atom. The first kappa shape index (κ1) is 21.7. The predicted molar refractivity (Wildman–Crippen MR) is 96.9 cm³/mol. The average Bonchev–Trinajstić information content (AvgIpc) is 3.30. The van der Waals surface area contributed by atoms with Crippen molar-refractivity contribution < 1.29 is 24.2 Å². The van der Waals surface area contributed by atoms with Crippen molar-refractivity contribution in [2.45, 2.75) is 78.2 Å². The summed E-state index contributed by atoms with van der Waals surface area (Å²) in [4.78, 5) is 24.6. The van der Waals surface area contributed by atoms with Gasteiger partial charge in [0.05, 0.1) is 18.8 Å². The number of esters is 2. The van der Waals surface area contributed by atoms with Gasteiger partial charge in [0.15, 0.2) is 5.41 Å². The number of aliphatic hydroxyl groups is 1. The molecule has 0 aromatic carbocycles. The van der Waals surface area contributed by atoms with Crippen LogP contribution in [0, 0.1) is 11.3 Å². The maximum atomic E-state index is 12.3. The van der Waals surface area contributed by atoms with E-state index in [4.69, 9.17) is 9.47 Å². The molecule has 2 unspecified atom stereocenters. The fourth-order valence-electron chi connectivity index (χ4n) is 3.29. The standard InChI is InChI=1S/C20H34O5/c1-5-9-10-13-19(23,12-6-2)14-11-16-15-20(16,17(21)24-7-3)18(22)25-8-4/h11,14,16,23H,5-10,12-13,15H2,1-4H3/b14-11+. The van der Waals surface area contributed by atoms with Crippen LogP contribution < -0.4 is 0 Å². The highest BCUT2D eigenvalue weighted by Crippen LogP contribution is 2.55. The molecule has 25 heavy (non-hydrogen) atoms. The second-order valence-corrected chi connectivity index (χ2v) is 6.89. The second-order valence-electron chi connectivity index (χ2n) is 6.89. The molecule has 0 aromatic heterocycles. The van der Waals surface area contributed by atoms with E-state index in [0.29, 0.717) is 19.3 Å². The first-order valence-electron chi connectivity index (χ1n) is 9.66. The highest BCUT2D eigenvalue weighted by molar-refractivity contribution is 6.04. The van der Waals surface area contributed by atoms with E-state index in [2.05, 4.69) is 6.92 Å². The van der Waals surface area contributed by atoms with Gasteiger partial charge >= 0.3 is 11.9 Å². The summed E-state index contributed by atoms with van der Waals surface area (Å²) in [7, 11) is 0. The van der Waals surface area contributed by atoms with Gasteiger partial charge in [-0.1, -0.05) is 51.7 Å². The molecule has 1 N–H and O–H groups in total. The van der Waals surface area contributed by atoms with Gasteiger partial charge in [-0.3, -0.25) is 9.59 Å². The minimum atomic E-state index is -1.22. The molecule has 0 heterocycles. The van der Waals surface area contributed by atoms with Crippen LogP contribution in [0.15, 0.2) is 12.2 Å². The van der Waals surface area contributed by atoms with Crippen LogP contribution in [-0.2, 0) is 19.1 Å². The van der Waals surface area contributed by atoms with Gasteiger partial charge in [-0.2, -0.15) is 0 Å². The zero-order valence-electron chi connectivity index (χ0n) is 16.2. The Labute approximate surface area is 151 Å². The van der Waals surface area contributed by atoms with Gasteiger partial charge < -0.3 is 14.6 Å². The van der Waals surface area contributed by atoms with E-state index in [-0.39, 0.29) is 19.1 Å². The van der Waals surface area contributed by atoms with Crippen LogP contribution in [0.4, 0.5) is 0 Å². The monoisotopic (exact) mass is 354 g/mol. The summed E-state index contributed by atoms with van der Waals surface area (Å²) < 4.78 is 10.2. The number of carbonyl (C=O) groups is 2. The first-order valence-corrected chi connectivity index (χ1v) is 9.66. The number of hydrogen-bond donors (Lipinski definition) is 1. The summed E-state index contributed by atoms with van der Waals surface area (Å²) in [5.41, 5.74) is -2.10. The zero-order valence-corrected chi connectivity index (χ0v) is 16.2. The van der Waals surface area contributed by atoms with Gasteiger partial charge in [0.1, 0.15) is 0 Å². The fraction of sp³-hybridized carbons (Fsp3) is 0.800. The third kappa shape index (κ3) is 5.56. The summed E-state index contributed by atoms with van der Waals surface area (Å²) >= 11 is 0. The molecule has 0 bridgehead atoms. The molecule has 1 aliphatic rings. The molecule has 1 saturated carbocycles. The minimum Gasteiger partial charge on any atom is -0.465 e. The quantitative estimate of drug-likeness (QED) is 0.250. The van der Waals surface area contributed by atoms with Gasteiger partial charge in [0.2, 0.25) is 0 Å². The minimum absolute atomic E-state index is 0.229. The topological polar surface area (TPSA) is 72.8 Å². The van der Waals surface area contributed by atoms with Crippen molar-refractivity contribution in [3.8, 4) is 0 Å². The summed E-state index contributed by atoms with van der Waals surface area (Å²) in [6, 6.07) is 0. The molecular formula is C20H34O5. The second kappa shape index (κ2) is 9.95. The van der Waals surface area contributed by atoms with Crippen molar-refractivity contribution in [3.63, 3.8) is 0 Å².